The smallest absolute Gasteiger partial charge is 0.326 e. The summed E-state index contributed by atoms with van der Waals surface area (Å²) in [5, 5.41) is 11.7. The van der Waals surface area contributed by atoms with Crippen LogP contribution >= 0.6 is 0 Å². The van der Waals surface area contributed by atoms with Gasteiger partial charge in [-0.15, -0.1) is 0 Å². The van der Waals surface area contributed by atoms with Gasteiger partial charge in [0, 0.05) is 26.6 Å². The number of carboxylic acid groups (broad SMARTS) is 1. The Hall–Kier alpha value is -1.10. The van der Waals surface area contributed by atoms with Crippen molar-refractivity contribution in [1.29, 1.82) is 0 Å². The molecule has 0 heterocycles. The van der Waals surface area contributed by atoms with Crippen molar-refractivity contribution in [2.24, 2.45) is 17.3 Å². The van der Waals surface area contributed by atoms with Crippen LogP contribution in [0.3, 0.4) is 0 Å². The minimum absolute atomic E-state index is 0.150. The number of carbonyl (C=O) groups excluding carboxylic acids is 1. The third-order valence-corrected chi connectivity index (χ3v) is 4.79. The number of carbonyl (C=O) groups is 2. The predicted octanol–water partition coefficient (Wildman–Crippen LogP) is 2.83. The molecule has 0 aliphatic heterocycles. The highest BCUT2D eigenvalue weighted by atomic mass is 16.5. The van der Waals surface area contributed by atoms with Crippen LogP contribution < -0.4 is 5.32 Å². The topological polar surface area (TPSA) is 75.6 Å². The van der Waals surface area contributed by atoms with E-state index in [1.54, 1.807) is 0 Å². The van der Waals surface area contributed by atoms with Crippen LogP contribution in [0, 0.1) is 17.3 Å². The van der Waals surface area contributed by atoms with Crippen molar-refractivity contribution in [2.45, 2.75) is 65.3 Å². The number of amides is 1. The van der Waals surface area contributed by atoms with Crippen molar-refractivity contribution < 1.29 is 19.4 Å². The highest BCUT2D eigenvalue weighted by Crippen LogP contribution is 2.40. The lowest BCUT2D eigenvalue weighted by atomic mass is 9.69. The molecule has 0 aromatic carbocycles. The molecule has 1 rings (SSSR count). The quantitative estimate of drug-likeness (QED) is 0.758. The summed E-state index contributed by atoms with van der Waals surface area (Å²) >= 11 is 0. The molecule has 1 unspecified atom stereocenters. The summed E-state index contributed by atoms with van der Waals surface area (Å²) in [4.78, 5) is 23.2. The number of methoxy groups -OCH3 is 1. The highest BCUT2D eigenvalue weighted by molar-refractivity contribution is 5.83. The van der Waals surface area contributed by atoms with Crippen LogP contribution in [-0.4, -0.2) is 36.7 Å². The summed E-state index contributed by atoms with van der Waals surface area (Å²) < 4.78 is 4.88. The van der Waals surface area contributed by atoms with E-state index in [0.717, 1.165) is 31.6 Å². The van der Waals surface area contributed by atoms with Gasteiger partial charge in [0.05, 0.1) is 0 Å². The second-order valence-electron chi connectivity index (χ2n) is 7.53. The fourth-order valence-corrected chi connectivity index (χ4v) is 3.24. The molecular formula is C17H31NO4. The predicted molar refractivity (Wildman–Crippen MR) is 85.6 cm³/mol. The summed E-state index contributed by atoms with van der Waals surface area (Å²) in [6.07, 6.45) is 5.18. The second-order valence-corrected chi connectivity index (χ2v) is 7.53. The Morgan fingerprint density at radius 1 is 1.23 bits per heavy atom. The van der Waals surface area contributed by atoms with Gasteiger partial charge in [0.25, 0.3) is 0 Å². The lowest BCUT2D eigenvalue weighted by Crippen LogP contribution is -2.42. The zero-order chi connectivity index (χ0) is 16.8. The molecule has 1 amide bonds. The van der Waals surface area contributed by atoms with Gasteiger partial charge in [-0.2, -0.15) is 0 Å². The van der Waals surface area contributed by atoms with Crippen molar-refractivity contribution in [1.82, 2.24) is 5.32 Å². The Morgan fingerprint density at radius 3 is 2.27 bits per heavy atom. The summed E-state index contributed by atoms with van der Waals surface area (Å²) in [5.74, 6) is -0.0414. The lowest BCUT2D eigenvalue weighted by molar-refractivity contribution is -0.142. The van der Waals surface area contributed by atoms with Gasteiger partial charge < -0.3 is 15.2 Å². The fraction of sp³-hybridized carbons (Fsp3) is 0.882. The SMILES string of the molecule is COCCC(NC(=O)CC1CCC(C(C)(C)C)CC1)C(=O)O. The molecule has 0 aromatic rings. The van der Waals surface area contributed by atoms with Gasteiger partial charge >= 0.3 is 5.97 Å². The normalized spacial score (nSPS) is 23.8. The Morgan fingerprint density at radius 2 is 1.82 bits per heavy atom. The maximum atomic E-state index is 12.1. The minimum atomic E-state index is -0.998. The minimum Gasteiger partial charge on any atom is -0.480 e. The fourth-order valence-electron chi connectivity index (χ4n) is 3.24. The van der Waals surface area contributed by atoms with E-state index in [1.807, 2.05) is 0 Å². The first-order chi connectivity index (χ1) is 10.2. The zero-order valence-electron chi connectivity index (χ0n) is 14.4. The van der Waals surface area contributed by atoms with Crippen LogP contribution in [-0.2, 0) is 14.3 Å². The Kier molecular flexibility index (Phi) is 7.33. The number of hydrogen-bond acceptors (Lipinski definition) is 3. The average molecular weight is 313 g/mol. The molecule has 0 aromatic heterocycles. The molecule has 0 bridgehead atoms. The molecule has 0 spiro atoms. The summed E-state index contributed by atoms with van der Waals surface area (Å²) in [7, 11) is 1.52. The Balaban J connectivity index is 2.38. The molecule has 2 N–H and O–H groups in total. The lowest BCUT2D eigenvalue weighted by Gasteiger charge is -2.36. The molecule has 5 nitrogen and oxygen atoms in total. The van der Waals surface area contributed by atoms with Crippen molar-refractivity contribution in [2.75, 3.05) is 13.7 Å². The molecule has 5 heteroatoms. The van der Waals surface area contributed by atoms with Crippen LogP contribution in [0.15, 0.2) is 0 Å². The standard InChI is InChI=1S/C17H31NO4/c1-17(2,3)13-7-5-12(6-8-13)11-15(19)18-14(16(20)21)9-10-22-4/h12-14H,5-11H2,1-4H3,(H,18,19)(H,20,21). The Labute approximate surface area is 133 Å². The molecule has 0 saturated heterocycles. The van der Waals surface area contributed by atoms with Crippen LogP contribution in [0.25, 0.3) is 0 Å². The third-order valence-electron chi connectivity index (χ3n) is 4.79. The average Bonchev–Trinajstić information content (AvgIpc) is 2.42. The molecule has 1 atom stereocenters. The first-order valence-corrected chi connectivity index (χ1v) is 8.25. The van der Waals surface area contributed by atoms with Gasteiger partial charge in [-0.1, -0.05) is 20.8 Å². The zero-order valence-corrected chi connectivity index (χ0v) is 14.4. The van der Waals surface area contributed by atoms with E-state index in [1.165, 1.54) is 7.11 Å². The maximum Gasteiger partial charge on any atom is 0.326 e. The number of hydrogen-bond donors (Lipinski definition) is 2. The molecule has 0 radical (unpaired) electrons. The van der Waals surface area contributed by atoms with Gasteiger partial charge in [-0.3, -0.25) is 4.79 Å². The van der Waals surface area contributed by atoms with Crippen LogP contribution in [0.1, 0.15) is 59.3 Å². The number of aliphatic carboxylic acids is 1. The summed E-state index contributed by atoms with van der Waals surface area (Å²) in [6.45, 7) is 7.15. The molecular weight excluding hydrogens is 282 g/mol. The van der Waals surface area contributed by atoms with Crippen molar-refractivity contribution in [3.05, 3.63) is 0 Å². The van der Waals surface area contributed by atoms with E-state index in [2.05, 4.69) is 26.1 Å². The van der Waals surface area contributed by atoms with Gasteiger partial charge in [0.1, 0.15) is 6.04 Å². The van der Waals surface area contributed by atoms with Gasteiger partial charge in [0.15, 0.2) is 0 Å². The van der Waals surface area contributed by atoms with E-state index in [-0.39, 0.29) is 5.91 Å². The van der Waals surface area contributed by atoms with Crippen LogP contribution in [0.2, 0.25) is 0 Å². The number of carboxylic acids is 1. The van der Waals surface area contributed by atoms with E-state index in [9.17, 15) is 9.59 Å². The van der Waals surface area contributed by atoms with E-state index in [4.69, 9.17) is 9.84 Å². The Bertz CT molecular complexity index is 367. The molecule has 1 aliphatic carbocycles. The second kappa shape index (κ2) is 8.51. The maximum absolute atomic E-state index is 12.1. The van der Waals surface area contributed by atoms with Crippen LogP contribution in [0.4, 0.5) is 0 Å². The summed E-state index contributed by atoms with van der Waals surface area (Å²) in [6, 6.07) is -0.849. The monoisotopic (exact) mass is 313 g/mol. The molecule has 1 fully saturated rings. The largest absolute Gasteiger partial charge is 0.480 e. The first-order valence-electron chi connectivity index (χ1n) is 8.25. The highest BCUT2D eigenvalue weighted by Gasteiger charge is 2.31. The van der Waals surface area contributed by atoms with Crippen molar-refractivity contribution >= 4 is 11.9 Å². The first kappa shape index (κ1) is 18.9. The molecule has 22 heavy (non-hydrogen) atoms. The summed E-state index contributed by atoms with van der Waals surface area (Å²) in [5.41, 5.74) is 0.335. The number of rotatable bonds is 7. The van der Waals surface area contributed by atoms with E-state index in [0.29, 0.717) is 30.8 Å². The number of nitrogens with one attached hydrogen (secondary N) is 1. The van der Waals surface area contributed by atoms with Gasteiger partial charge in [0.2, 0.25) is 5.91 Å². The molecule has 1 saturated carbocycles. The van der Waals surface area contributed by atoms with E-state index < -0.39 is 12.0 Å². The van der Waals surface area contributed by atoms with Crippen LogP contribution in [0.5, 0.6) is 0 Å². The molecule has 128 valence electrons. The third kappa shape index (κ3) is 6.34. The van der Waals surface area contributed by atoms with Gasteiger partial charge in [-0.05, 0) is 42.9 Å². The van der Waals surface area contributed by atoms with Gasteiger partial charge in [-0.25, -0.2) is 4.79 Å². The van der Waals surface area contributed by atoms with E-state index >= 15 is 0 Å². The van der Waals surface area contributed by atoms with Crippen molar-refractivity contribution in [3.63, 3.8) is 0 Å². The molecule has 1 aliphatic rings. The van der Waals surface area contributed by atoms with Crippen molar-refractivity contribution in [3.8, 4) is 0 Å². The number of ether oxygens (including phenoxy) is 1.